The SMILES string of the molecule is CC(C)(C)c1ccc(C(=O)N2CCSc3nnc(COc4ccc5c(c4)OCO5)n32)cc1. The molecule has 0 saturated carbocycles. The molecule has 2 aliphatic rings. The van der Waals surface area contributed by atoms with Crippen LogP contribution in [-0.2, 0) is 12.0 Å². The van der Waals surface area contributed by atoms with Gasteiger partial charge in [-0.25, -0.2) is 9.69 Å². The minimum atomic E-state index is -0.0869. The Kier molecular flexibility index (Phi) is 5.21. The van der Waals surface area contributed by atoms with Gasteiger partial charge in [-0.15, -0.1) is 10.2 Å². The minimum absolute atomic E-state index is 0.0318. The summed E-state index contributed by atoms with van der Waals surface area (Å²) in [6.45, 7) is 7.40. The highest BCUT2D eigenvalue weighted by molar-refractivity contribution is 7.99. The molecule has 0 radical (unpaired) electrons. The summed E-state index contributed by atoms with van der Waals surface area (Å²) in [5.74, 6) is 3.21. The van der Waals surface area contributed by atoms with Crippen molar-refractivity contribution in [2.45, 2.75) is 37.9 Å². The van der Waals surface area contributed by atoms with Crippen LogP contribution in [0.3, 0.4) is 0 Å². The third kappa shape index (κ3) is 3.88. The van der Waals surface area contributed by atoms with Gasteiger partial charge in [-0.1, -0.05) is 44.7 Å². The molecule has 166 valence electrons. The molecule has 0 spiro atoms. The van der Waals surface area contributed by atoms with Gasteiger partial charge in [0.25, 0.3) is 5.91 Å². The van der Waals surface area contributed by atoms with Crippen molar-refractivity contribution < 1.29 is 19.0 Å². The van der Waals surface area contributed by atoms with E-state index in [0.29, 0.717) is 40.3 Å². The van der Waals surface area contributed by atoms with Crippen LogP contribution in [0.1, 0.15) is 42.5 Å². The summed E-state index contributed by atoms with van der Waals surface area (Å²) in [7, 11) is 0. The van der Waals surface area contributed by atoms with Crippen LogP contribution in [0.4, 0.5) is 0 Å². The fraction of sp³-hybridized carbons (Fsp3) is 0.348. The smallest absolute Gasteiger partial charge is 0.272 e. The molecule has 3 heterocycles. The molecule has 0 aliphatic carbocycles. The lowest BCUT2D eigenvalue weighted by atomic mass is 9.86. The van der Waals surface area contributed by atoms with Crippen LogP contribution in [0, 0.1) is 0 Å². The molecule has 2 aromatic carbocycles. The normalized spacial score (nSPS) is 14.9. The Morgan fingerprint density at radius 1 is 1.09 bits per heavy atom. The zero-order chi connectivity index (χ0) is 22.3. The van der Waals surface area contributed by atoms with E-state index in [2.05, 4.69) is 31.0 Å². The first-order chi connectivity index (χ1) is 15.4. The quantitative estimate of drug-likeness (QED) is 0.596. The zero-order valence-electron chi connectivity index (χ0n) is 18.2. The van der Waals surface area contributed by atoms with Gasteiger partial charge in [-0.05, 0) is 35.2 Å². The molecule has 0 fully saturated rings. The lowest BCUT2D eigenvalue weighted by Gasteiger charge is -2.29. The number of ether oxygens (including phenoxy) is 3. The van der Waals surface area contributed by atoms with Gasteiger partial charge in [0, 0.05) is 17.4 Å². The number of rotatable bonds is 4. The summed E-state index contributed by atoms with van der Waals surface area (Å²) in [5, 5.41) is 10.9. The second-order valence-electron chi connectivity index (χ2n) is 8.62. The van der Waals surface area contributed by atoms with Crippen molar-refractivity contribution in [2.24, 2.45) is 0 Å². The molecule has 0 bridgehead atoms. The van der Waals surface area contributed by atoms with Crippen LogP contribution in [0.25, 0.3) is 0 Å². The molecule has 3 aromatic rings. The van der Waals surface area contributed by atoms with Crippen molar-refractivity contribution in [3.8, 4) is 17.2 Å². The maximum absolute atomic E-state index is 13.3. The summed E-state index contributed by atoms with van der Waals surface area (Å²) >= 11 is 1.57. The lowest BCUT2D eigenvalue weighted by Crippen LogP contribution is -2.45. The van der Waals surface area contributed by atoms with E-state index in [9.17, 15) is 4.79 Å². The molecule has 5 rings (SSSR count). The summed E-state index contributed by atoms with van der Waals surface area (Å²) in [6, 6.07) is 13.2. The highest BCUT2D eigenvalue weighted by Crippen LogP contribution is 2.35. The van der Waals surface area contributed by atoms with Crippen LogP contribution in [-0.4, -0.2) is 39.9 Å². The van der Waals surface area contributed by atoms with E-state index in [1.54, 1.807) is 27.5 Å². The van der Waals surface area contributed by atoms with E-state index < -0.39 is 0 Å². The van der Waals surface area contributed by atoms with Crippen LogP contribution in [0.2, 0.25) is 0 Å². The summed E-state index contributed by atoms with van der Waals surface area (Å²) < 4.78 is 18.4. The van der Waals surface area contributed by atoms with E-state index in [-0.39, 0.29) is 24.7 Å². The zero-order valence-corrected chi connectivity index (χ0v) is 19.0. The number of aromatic nitrogens is 3. The number of nitrogens with zero attached hydrogens (tertiary/aromatic N) is 4. The molecular formula is C23H24N4O4S. The van der Waals surface area contributed by atoms with Gasteiger partial charge < -0.3 is 14.2 Å². The molecule has 1 aromatic heterocycles. The Balaban J connectivity index is 1.36. The first-order valence-corrected chi connectivity index (χ1v) is 11.4. The highest BCUT2D eigenvalue weighted by atomic mass is 32.2. The summed E-state index contributed by atoms with van der Waals surface area (Å²) in [4.78, 5) is 13.3. The molecule has 0 atom stereocenters. The standard InChI is InChI=1S/C23H24N4O4S/c1-23(2,3)16-6-4-15(5-7-16)21(28)26-10-11-32-22-25-24-20(27(22)26)13-29-17-8-9-18-19(12-17)31-14-30-18/h4-9,12H,10-11,13-14H2,1-3H3. The fourth-order valence-electron chi connectivity index (χ4n) is 3.61. The highest BCUT2D eigenvalue weighted by Gasteiger charge is 2.29. The van der Waals surface area contributed by atoms with E-state index in [0.717, 1.165) is 5.75 Å². The van der Waals surface area contributed by atoms with Crippen LogP contribution in [0.15, 0.2) is 47.6 Å². The van der Waals surface area contributed by atoms with Crippen molar-refractivity contribution >= 4 is 17.7 Å². The maximum Gasteiger partial charge on any atom is 0.272 e. The van der Waals surface area contributed by atoms with Crippen molar-refractivity contribution in [1.82, 2.24) is 14.9 Å². The average molecular weight is 453 g/mol. The van der Waals surface area contributed by atoms with Gasteiger partial charge in [0.15, 0.2) is 17.3 Å². The molecule has 1 amide bonds. The fourth-order valence-corrected chi connectivity index (χ4v) is 4.48. The molecule has 2 aliphatic heterocycles. The molecule has 0 N–H and O–H groups in total. The van der Waals surface area contributed by atoms with Gasteiger partial charge in [0.1, 0.15) is 12.4 Å². The van der Waals surface area contributed by atoms with E-state index >= 15 is 0 Å². The topological polar surface area (TPSA) is 78.7 Å². The third-order valence-electron chi connectivity index (χ3n) is 5.40. The van der Waals surface area contributed by atoms with Crippen molar-refractivity contribution in [3.63, 3.8) is 0 Å². The number of fused-ring (bicyclic) bond motifs is 2. The van der Waals surface area contributed by atoms with Gasteiger partial charge >= 0.3 is 0 Å². The van der Waals surface area contributed by atoms with E-state index in [1.165, 1.54) is 5.56 Å². The van der Waals surface area contributed by atoms with Crippen molar-refractivity contribution in [3.05, 3.63) is 59.4 Å². The molecule has 32 heavy (non-hydrogen) atoms. The van der Waals surface area contributed by atoms with Gasteiger partial charge in [0.2, 0.25) is 11.9 Å². The summed E-state index contributed by atoms with van der Waals surface area (Å²) in [5.41, 5.74) is 1.85. The first-order valence-electron chi connectivity index (χ1n) is 10.4. The monoisotopic (exact) mass is 452 g/mol. The Morgan fingerprint density at radius 3 is 2.66 bits per heavy atom. The number of hydrogen-bond donors (Lipinski definition) is 0. The van der Waals surface area contributed by atoms with Gasteiger partial charge in [-0.3, -0.25) is 4.79 Å². The van der Waals surface area contributed by atoms with Gasteiger partial charge in [0.05, 0.1) is 6.54 Å². The number of carbonyl (C=O) groups excluding carboxylic acids is 1. The van der Waals surface area contributed by atoms with E-state index in [4.69, 9.17) is 14.2 Å². The first kappa shape index (κ1) is 20.7. The number of benzene rings is 2. The predicted octanol–water partition coefficient (Wildman–Crippen LogP) is 3.77. The maximum atomic E-state index is 13.3. The van der Waals surface area contributed by atoms with Crippen LogP contribution >= 0.6 is 11.8 Å². The molecule has 0 unspecified atom stereocenters. The Hall–Kier alpha value is -3.20. The molecule has 8 nitrogen and oxygen atoms in total. The lowest BCUT2D eigenvalue weighted by molar-refractivity contribution is 0.0952. The molecular weight excluding hydrogens is 428 g/mol. The van der Waals surface area contributed by atoms with E-state index in [1.807, 2.05) is 36.4 Å². The van der Waals surface area contributed by atoms with Crippen molar-refractivity contribution in [2.75, 3.05) is 24.1 Å². The molecule has 0 saturated heterocycles. The summed E-state index contributed by atoms with van der Waals surface area (Å²) in [6.07, 6.45) is 0. The number of amides is 1. The number of thioether (sulfide) groups is 1. The number of hydrogen-bond acceptors (Lipinski definition) is 7. The Labute approximate surface area is 190 Å². The molecule has 9 heteroatoms. The average Bonchev–Trinajstić information content (AvgIpc) is 3.43. The van der Waals surface area contributed by atoms with Crippen LogP contribution < -0.4 is 19.2 Å². The largest absolute Gasteiger partial charge is 0.485 e. The predicted molar refractivity (Wildman–Crippen MR) is 120 cm³/mol. The van der Waals surface area contributed by atoms with Gasteiger partial charge in [-0.2, -0.15) is 0 Å². The van der Waals surface area contributed by atoms with Crippen LogP contribution in [0.5, 0.6) is 17.2 Å². The third-order valence-corrected chi connectivity index (χ3v) is 6.30. The minimum Gasteiger partial charge on any atom is -0.485 e. The van der Waals surface area contributed by atoms with Crippen molar-refractivity contribution in [1.29, 1.82) is 0 Å². The second-order valence-corrected chi connectivity index (χ2v) is 9.68. The number of carbonyl (C=O) groups is 1. The second kappa shape index (κ2) is 8.05. The Bertz CT molecular complexity index is 1150. The Morgan fingerprint density at radius 2 is 1.88 bits per heavy atom.